The second-order valence-corrected chi connectivity index (χ2v) is 7.76. The Morgan fingerprint density at radius 3 is 2.64 bits per heavy atom. The molecular formula is C20H18ClFN2O3S. The van der Waals surface area contributed by atoms with Crippen LogP contribution in [0, 0.1) is 5.82 Å². The van der Waals surface area contributed by atoms with Gasteiger partial charge in [0, 0.05) is 42.5 Å². The molecule has 0 atom stereocenters. The lowest BCUT2D eigenvalue weighted by Gasteiger charge is -2.13. The van der Waals surface area contributed by atoms with E-state index in [0.29, 0.717) is 31.8 Å². The number of halogens is 2. The van der Waals surface area contributed by atoms with Crippen molar-refractivity contribution >= 4 is 50.5 Å². The van der Waals surface area contributed by atoms with Crippen LogP contribution in [0.5, 0.6) is 0 Å². The lowest BCUT2D eigenvalue weighted by atomic mass is 10.1. The molecule has 0 aliphatic heterocycles. The fourth-order valence-corrected chi connectivity index (χ4v) is 4.21. The summed E-state index contributed by atoms with van der Waals surface area (Å²) in [6.07, 6.45) is 0. The number of ether oxygens (including phenoxy) is 1. The number of fused-ring (bicyclic) bond motifs is 1. The zero-order chi connectivity index (χ0) is 20.4. The normalized spacial score (nSPS) is 10.9. The van der Waals surface area contributed by atoms with E-state index in [9.17, 15) is 14.0 Å². The Labute approximate surface area is 170 Å². The molecule has 28 heavy (non-hydrogen) atoms. The molecule has 0 spiro atoms. The van der Waals surface area contributed by atoms with Crippen LogP contribution in [-0.4, -0.2) is 37.9 Å². The molecule has 1 aromatic heterocycles. The summed E-state index contributed by atoms with van der Waals surface area (Å²) < 4.78 is 20.1. The van der Waals surface area contributed by atoms with E-state index in [2.05, 4.69) is 5.32 Å². The van der Waals surface area contributed by atoms with E-state index in [-0.39, 0.29) is 17.5 Å². The van der Waals surface area contributed by atoms with Gasteiger partial charge in [0.1, 0.15) is 5.82 Å². The number of hydrogen-bond acceptors (Lipinski definition) is 4. The number of hydrogen-bond donors (Lipinski definition) is 1. The van der Waals surface area contributed by atoms with E-state index in [1.54, 1.807) is 38.4 Å². The monoisotopic (exact) mass is 420 g/mol. The standard InChI is InChI=1S/C20H18ClFN2O3S/c1-24(2)20(26)12-8-7-11(9-14(12)21)23-19(25)18-13(10-27-3)17-15(22)5-4-6-16(17)28-18/h4-9H,10H2,1-3H3,(H,23,25). The van der Waals surface area contributed by atoms with Crippen LogP contribution in [-0.2, 0) is 11.3 Å². The van der Waals surface area contributed by atoms with Crippen molar-refractivity contribution in [1.82, 2.24) is 4.90 Å². The molecule has 146 valence electrons. The Morgan fingerprint density at radius 2 is 2.00 bits per heavy atom. The second kappa shape index (κ2) is 8.26. The predicted octanol–water partition coefficient (Wildman–Crippen LogP) is 4.79. The van der Waals surface area contributed by atoms with Gasteiger partial charge in [0.05, 0.1) is 22.1 Å². The third-order valence-electron chi connectivity index (χ3n) is 4.12. The molecule has 0 radical (unpaired) electrons. The van der Waals surface area contributed by atoms with Gasteiger partial charge in [0.25, 0.3) is 11.8 Å². The van der Waals surface area contributed by atoms with Crippen LogP contribution < -0.4 is 5.32 Å². The van der Waals surface area contributed by atoms with E-state index < -0.39 is 11.7 Å². The van der Waals surface area contributed by atoms with Crippen LogP contribution >= 0.6 is 22.9 Å². The maximum atomic E-state index is 14.3. The van der Waals surface area contributed by atoms with Crippen LogP contribution in [0.3, 0.4) is 0 Å². The quantitative estimate of drug-likeness (QED) is 0.645. The lowest BCUT2D eigenvalue weighted by Crippen LogP contribution is -2.22. The first-order valence-electron chi connectivity index (χ1n) is 8.35. The van der Waals surface area contributed by atoms with Gasteiger partial charge in [-0.1, -0.05) is 17.7 Å². The van der Waals surface area contributed by atoms with Crippen molar-refractivity contribution < 1.29 is 18.7 Å². The molecule has 1 N–H and O–H groups in total. The molecule has 1 heterocycles. The highest BCUT2D eigenvalue weighted by Crippen LogP contribution is 2.34. The van der Waals surface area contributed by atoms with Crippen molar-refractivity contribution in [2.24, 2.45) is 0 Å². The Bertz CT molecular complexity index is 1070. The predicted molar refractivity (Wildman–Crippen MR) is 110 cm³/mol. The van der Waals surface area contributed by atoms with Crippen LogP contribution in [0.1, 0.15) is 25.6 Å². The Kier molecular flexibility index (Phi) is 5.98. The topological polar surface area (TPSA) is 58.6 Å². The molecule has 5 nitrogen and oxygen atoms in total. The number of amides is 2. The average Bonchev–Trinajstić information content (AvgIpc) is 3.01. The largest absolute Gasteiger partial charge is 0.380 e. The number of rotatable bonds is 5. The number of carbonyl (C=O) groups is 2. The number of anilines is 1. The molecule has 0 unspecified atom stereocenters. The van der Waals surface area contributed by atoms with Gasteiger partial charge in [-0.05, 0) is 30.3 Å². The fourth-order valence-electron chi connectivity index (χ4n) is 2.83. The Balaban J connectivity index is 1.93. The van der Waals surface area contributed by atoms with E-state index in [1.165, 1.54) is 35.5 Å². The number of nitrogens with one attached hydrogen (secondary N) is 1. The Hall–Kier alpha value is -2.48. The van der Waals surface area contributed by atoms with Gasteiger partial charge in [-0.15, -0.1) is 11.3 Å². The molecule has 0 fully saturated rings. The van der Waals surface area contributed by atoms with Crippen LogP contribution in [0.2, 0.25) is 5.02 Å². The van der Waals surface area contributed by atoms with Gasteiger partial charge in [-0.3, -0.25) is 9.59 Å². The van der Waals surface area contributed by atoms with Crippen molar-refractivity contribution in [3.63, 3.8) is 0 Å². The summed E-state index contributed by atoms with van der Waals surface area (Å²) in [4.78, 5) is 26.7. The van der Waals surface area contributed by atoms with Gasteiger partial charge in [-0.25, -0.2) is 4.39 Å². The molecule has 2 aromatic carbocycles. The minimum atomic E-state index is -0.394. The third kappa shape index (κ3) is 3.87. The smallest absolute Gasteiger partial charge is 0.266 e. The summed E-state index contributed by atoms with van der Waals surface area (Å²) in [5, 5.41) is 3.38. The van der Waals surface area contributed by atoms with E-state index in [0.717, 1.165) is 0 Å². The zero-order valence-electron chi connectivity index (χ0n) is 15.5. The molecule has 0 bridgehead atoms. The number of nitrogens with zero attached hydrogens (tertiary/aromatic N) is 1. The summed E-state index contributed by atoms with van der Waals surface area (Å²) in [5.41, 5.74) is 1.28. The SMILES string of the molecule is COCc1c(C(=O)Nc2ccc(C(=O)N(C)C)c(Cl)c2)sc2cccc(F)c12. The van der Waals surface area contributed by atoms with Crippen molar-refractivity contribution in [2.45, 2.75) is 6.61 Å². The highest BCUT2D eigenvalue weighted by Gasteiger charge is 2.21. The van der Waals surface area contributed by atoms with Crippen LogP contribution in [0.4, 0.5) is 10.1 Å². The first kappa shape index (κ1) is 20.3. The van der Waals surface area contributed by atoms with Crippen molar-refractivity contribution in [1.29, 1.82) is 0 Å². The van der Waals surface area contributed by atoms with Gasteiger partial charge in [-0.2, -0.15) is 0 Å². The van der Waals surface area contributed by atoms with Gasteiger partial charge >= 0.3 is 0 Å². The number of carbonyl (C=O) groups excluding carboxylic acids is 2. The van der Waals surface area contributed by atoms with Crippen molar-refractivity contribution in [2.75, 3.05) is 26.5 Å². The molecular weight excluding hydrogens is 403 g/mol. The molecule has 0 saturated heterocycles. The molecule has 3 aromatic rings. The number of methoxy groups -OCH3 is 1. The summed E-state index contributed by atoms with van der Waals surface area (Å²) >= 11 is 7.39. The maximum absolute atomic E-state index is 14.3. The first-order valence-corrected chi connectivity index (χ1v) is 9.54. The Morgan fingerprint density at radius 1 is 1.25 bits per heavy atom. The minimum Gasteiger partial charge on any atom is -0.380 e. The fraction of sp³-hybridized carbons (Fsp3) is 0.200. The molecule has 3 rings (SSSR count). The van der Waals surface area contributed by atoms with E-state index in [4.69, 9.17) is 16.3 Å². The molecule has 2 amide bonds. The van der Waals surface area contributed by atoms with Crippen molar-refractivity contribution in [3.8, 4) is 0 Å². The highest BCUT2D eigenvalue weighted by atomic mass is 35.5. The van der Waals surface area contributed by atoms with Crippen LogP contribution in [0.15, 0.2) is 36.4 Å². The van der Waals surface area contributed by atoms with Crippen LogP contribution in [0.25, 0.3) is 10.1 Å². The van der Waals surface area contributed by atoms with E-state index >= 15 is 0 Å². The molecule has 8 heteroatoms. The average molecular weight is 421 g/mol. The van der Waals surface area contributed by atoms with E-state index in [1.807, 2.05) is 0 Å². The molecule has 0 aliphatic carbocycles. The zero-order valence-corrected chi connectivity index (χ0v) is 17.1. The number of benzene rings is 2. The lowest BCUT2D eigenvalue weighted by molar-refractivity contribution is 0.0827. The summed E-state index contributed by atoms with van der Waals surface area (Å²) in [6.45, 7) is 0.112. The van der Waals surface area contributed by atoms with Crippen molar-refractivity contribution in [3.05, 3.63) is 63.2 Å². The second-order valence-electron chi connectivity index (χ2n) is 6.30. The molecule has 0 aliphatic rings. The first-order chi connectivity index (χ1) is 13.3. The molecule has 0 saturated carbocycles. The summed E-state index contributed by atoms with van der Waals surface area (Å²) in [5.74, 6) is -1.02. The van der Waals surface area contributed by atoms with Gasteiger partial charge in [0.15, 0.2) is 0 Å². The third-order valence-corrected chi connectivity index (χ3v) is 5.63. The van der Waals surface area contributed by atoms with Gasteiger partial charge in [0.2, 0.25) is 0 Å². The number of thiophene rings is 1. The summed E-state index contributed by atoms with van der Waals surface area (Å²) in [6, 6.07) is 9.39. The maximum Gasteiger partial charge on any atom is 0.266 e. The highest BCUT2D eigenvalue weighted by molar-refractivity contribution is 7.21. The summed E-state index contributed by atoms with van der Waals surface area (Å²) in [7, 11) is 4.75. The minimum absolute atomic E-state index is 0.112. The van der Waals surface area contributed by atoms with Gasteiger partial charge < -0.3 is 15.0 Å².